The molecule has 0 amide bonds. The van der Waals surface area contributed by atoms with Crippen LogP contribution in [0, 0.1) is 6.92 Å². The summed E-state index contributed by atoms with van der Waals surface area (Å²) in [6.45, 7) is 1.69. The standard InChI is InChI=1S/C8H7N3O/c1-5-8(12)11-6-3-2-4-9-7(6)10-5/h2-4H,1H3,(H,11,12). The molecule has 0 spiro atoms. The highest BCUT2D eigenvalue weighted by molar-refractivity contribution is 5.69. The van der Waals surface area contributed by atoms with E-state index in [9.17, 15) is 5.11 Å². The summed E-state index contributed by atoms with van der Waals surface area (Å²) in [4.78, 5) is 12.0. The first kappa shape index (κ1) is 6.97. The zero-order valence-electron chi connectivity index (χ0n) is 6.52. The SMILES string of the molecule is Cc1nc2ncccc2nc1O. The van der Waals surface area contributed by atoms with E-state index in [0.29, 0.717) is 16.9 Å². The van der Waals surface area contributed by atoms with Crippen LogP contribution in [0.15, 0.2) is 18.3 Å². The lowest BCUT2D eigenvalue weighted by atomic mass is 10.4. The van der Waals surface area contributed by atoms with E-state index < -0.39 is 0 Å². The first-order chi connectivity index (χ1) is 5.77. The molecule has 2 rings (SSSR count). The zero-order valence-corrected chi connectivity index (χ0v) is 6.52. The highest BCUT2D eigenvalue weighted by Gasteiger charge is 2.01. The van der Waals surface area contributed by atoms with Crippen LogP contribution in [0.1, 0.15) is 5.69 Å². The van der Waals surface area contributed by atoms with Gasteiger partial charge in [0.1, 0.15) is 11.2 Å². The minimum atomic E-state index is -0.0319. The molecule has 4 heteroatoms. The number of aryl methyl sites for hydroxylation is 1. The molecule has 0 saturated carbocycles. The molecule has 0 unspecified atom stereocenters. The van der Waals surface area contributed by atoms with Gasteiger partial charge in [-0.1, -0.05) is 0 Å². The van der Waals surface area contributed by atoms with Gasteiger partial charge in [0.15, 0.2) is 5.65 Å². The number of rotatable bonds is 0. The van der Waals surface area contributed by atoms with Crippen molar-refractivity contribution < 1.29 is 5.11 Å². The lowest BCUT2D eigenvalue weighted by molar-refractivity contribution is 0.448. The van der Waals surface area contributed by atoms with Crippen LogP contribution in [-0.2, 0) is 0 Å². The Balaban J connectivity index is 2.84. The molecule has 2 heterocycles. The quantitative estimate of drug-likeness (QED) is 0.627. The molecule has 0 saturated heterocycles. The van der Waals surface area contributed by atoms with Gasteiger partial charge in [0, 0.05) is 6.20 Å². The predicted molar refractivity (Wildman–Crippen MR) is 43.7 cm³/mol. The van der Waals surface area contributed by atoms with Crippen molar-refractivity contribution in [3.63, 3.8) is 0 Å². The van der Waals surface area contributed by atoms with Crippen LogP contribution in [0.25, 0.3) is 11.2 Å². The molecule has 2 aromatic rings. The Morgan fingerprint density at radius 1 is 1.33 bits per heavy atom. The van der Waals surface area contributed by atoms with Gasteiger partial charge in [0.2, 0.25) is 5.88 Å². The molecule has 12 heavy (non-hydrogen) atoms. The molecule has 60 valence electrons. The maximum absolute atomic E-state index is 9.22. The normalized spacial score (nSPS) is 10.4. The van der Waals surface area contributed by atoms with Crippen molar-refractivity contribution in [3.8, 4) is 5.88 Å². The first-order valence-electron chi connectivity index (χ1n) is 3.56. The van der Waals surface area contributed by atoms with Crippen molar-refractivity contribution >= 4 is 11.2 Å². The van der Waals surface area contributed by atoms with E-state index in [1.807, 2.05) is 0 Å². The van der Waals surface area contributed by atoms with E-state index in [1.54, 1.807) is 25.3 Å². The fourth-order valence-corrected chi connectivity index (χ4v) is 0.966. The molecule has 0 aliphatic carbocycles. The van der Waals surface area contributed by atoms with Crippen LogP contribution in [0.4, 0.5) is 0 Å². The van der Waals surface area contributed by atoms with E-state index >= 15 is 0 Å². The molecular weight excluding hydrogens is 154 g/mol. The number of fused-ring (bicyclic) bond motifs is 1. The second-order valence-corrected chi connectivity index (χ2v) is 2.48. The number of hydrogen-bond donors (Lipinski definition) is 1. The summed E-state index contributed by atoms with van der Waals surface area (Å²) in [6, 6.07) is 3.51. The average Bonchev–Trinajstić information content (AvgIpc) is 2.07. The Morgan fingerprint density at radius 2 is 2.17 bits per heavy atom. The third kappa shape index (κ3) is 0.972. The van der Waals surface area contributed by atoms with Crippen LogP contribution in [0.2, 0.25) is 0 Å². The topological polar surface area (TPSA) is 58.9 Å². The van der Waals surface area contributed by atoms with Crippen molar-refractivity contribution in [2.24, 2.45) is 0 Å². The van der Waals surface area contributed by atoms with E-state index in [0.717, 1.165) is 0 Å². The Hall–Kier alpha value is -1.71. The van der Waals surface area contributed by atoms with Crippen LogP contribution in [-0.4, -0.2) is 20.1 Å². The number of aromatic nitrogens is 3. The van der Waals surface area contributed by atoms with Crippen molar-refractivity contribution in [2.75, 3.05) is 0 Å². The maximum atomic E-state index is 9.22. The summed E-state index contributed by atoms with van der Waals surface area (Å²) < 4.78 is 0. The Bertz CT molecular complexity index is 387. The number of pyridine rings is 1. The van der Waals surface area contributed by atoms with Crippen molar-refractivity contribution in [1.29, 1.82) is 0 Å². The highest BCUT2D eigenvalue weighted by atomic mass is 16.3. The largest absolute Gasteiger partial charge is 0.492 e. The minimum Gasteiger partial charge on any atom is -0.492 e. The van der Waals surface area contributed by atoms with Gasteiger partial charge in [-0.3, -0.25) is 0 Å². The molecule has 0 aromatic carbocycles. The minimum absolute atomic E-state index is 0.0319. The number of nitrogens with zero attached hydrogens (tertiary/aromatic N) is 3. The smallest absolute Gasteiger partial charge is 0.233 e. The van der Waals surface area contributed by atoms with Gasteiger partial charge < -0.3 is 5.11 Å². The maximum Gasteiger partial charge on any atom is 0.233 e. The van der Waals surface area contributed by atoms with Crippen LogP contribution in [0.5, 0.6) is 5.88 Å². The summed E-state index contributed by atoms with van der Waals surface area (Å²) in [5.74, 6) is -0.0319. The molecule has 0 atom stereocenters. The van der Waals surface area contributed by atoms with Crippen molar-refractivity contribution in [3.05, 3.63) is 24.0 Å². The van der Waals surface area contributed by atoms with E-state index in [1.165, 1.54) is 0 Å². The van der Waals surface area contributed by atoms with Crippen LogP contribution < -0.4 is 0 Å². The molecule has 0 aliphatic rings. The third-order valence-electron chi connectivity index (χ3n) is 1.59. The van der Waals surface area contributed by atoms with Crippen molar-refractivity contribution in [1.82, 2.24) is 15.0 Å². The first-order valence-corrected chi connectivity index (χ1v) is 3.56. The van der Waals surface area contributed by atoms with E-state index in [2.05, 4.69) is 15.0 Å². The number of aromatic hydroxyl groups is 1. The molecule has 4 nitrogen and oxygen atoms in total. The summed E-state index contributed by atoms with van der Waals surface area (Å²) in [6.07, 6.45) is 1.65. The van der Waals surface area contributed by atoms with Gasteiger partial charge in [0.05, 0.1) is 0 Å². The average molecular weight is 161 g/mol. The summed E-state index contributed by atoms with van der Waals surface area (Å²) in [5.41, 5.74) is 1.68. The molecule has 0 fully saturated rings. The third-order valence-corrected chi connectivity index (χ3v) is 1.59. The molecule has 0 bridgehead atoms. The van der Waals surface area contributed by atoms with E-state index in [4.69, 9.17) is 0 Å². The monoisotopic (exact) mass is 161 g/mol. The van der Waals surface area contributed by atoms with Gasteiger partial charge in [-0.15, -0.1) is 0 Å². The molecule has 2 aromatic heterocycles. The van der Waals surface area contributed by atoms with Gasteiger partial charge in [0.25, 0.3) is 0 Å². The van der Waals surface area contributed by atoms with Crippen molar-refractivity contribution in [2.45, 2.75) is 6.92 Å². The molecular formula is C8H7N3O. The lowest BCUT2D eigenvalue weighted by Crippen LogP contribution is -1.90. The van der Waals surface area contributed by atoms with Gasteiger partial charge >= 0.3 is 0 Å². The second-order valence-electron chi connectivity index (χ2n) is 2.48. The number of hydrogen-bond acceptors (Lipinski definition) is 4. The lowest BCUT2D eigenvalue weighted by Gasteiger charge is -1.98. The Morgan fingerprint density at radius 3 is 3.00 bits per heavy atom. The Kier molecular flexibility index (Phi) is 1.40. The van der Waals surface area contributed by atoms with Crippen LogP contribution >= 0.6 is 0 Å². The predicted octanol–water partition coefficient (Wildman–Crippen LogP) is 1.04. The van der Waals surface area contributed by atoms with Gasteiger partial charge in [-0.05, 0) is 19.1 Å². The van der Waals surface area contributed by atoms with Gasteiger partial charge in [-0.25, -0.2) is 15.0 Å². The fourth-order valence-electron chi connectivity index (χ4n) is 0.966. The molecule has 0 aliphatic heterocycles. The van der Waals surface area contributed by atoms with E-state index in [-0.39, 0.29) is 5.88 Å². The second kappa shape index (κ2) is 2.41. The fraction of sp³-hybridized carbons (Fsp3) is 0.125. The van der Waals surface area contributed by atoms with Crippen LogP contribution in [0.3, 0.4) is 0 Å². The molecule has 0 radical (unpaired) electrons. The van der Waals surface area contributed by atoms with Gasteiger partial charge in [-0.2, -0.15) is 0 Å². The Labute approximate surface area is 68.9 Å². The molecule has 1 N–H and O–H groups in total. The zero-order chi connectivity index (χ0) is 8.55. The summed E-state index contributed by atoms with van der Waals surface area (Å²) >= 11 is 0. The summed E-state index contributed by atoms with van der Waals surface area (Å²) in [5, 5.41) is 9.22. The highest BCUT2D eigenvalue weighted by Crippen LogP contribution is 2.13. The summed E-state index contributed by atoms with van der Waals surface area (Å²) in [7, 11) is 0.